The maximum atomic E-state index is 12.8. The molecule has 55 heavy (non-hydrogen) atoms. The van der Waals surface area contributed by atoms with Crippen LogP contribution < -0.4 is 10.5 Å². The van der Waals surface area contributed by atoms with Gasteiger partial charge in [-0.15, -0.1) is 22.7 Å². The quantitative estimate of drug-likeness (QED) is 0.0639. The highest BCUT2D eigenvalue weighted by atomic mass is 35.7. The summed E-state index contributed by atoms with van der Waals surface area (Å²) in [7, 11) is -2.13. The molecular formula is C36H29ClN8O4S6. The van der Waals surface area contributed by atoms with E-state index in [2.05, 4.69) is 34.6 Å². The van der Waals surface area contributed by atoms with Gasteiger partial charge >= 0.3 is 0 Å². The van der Waals surface area contributed by atoms with E-state index in [1.165, 1.54) is 40.9 Å². The summed E-state index contributed by atoms with van der Waals surface area (Å²) in [4.78, 5) is 26.9. The predicted octanol–water partition coefficient (Wildman–Crippen LogP) is 8.95. The van der Waals surface area contributed by atoms with Crippen LogP contribution in [0.5, 0.6) is 0 Å². The maximum absolute atomic E-state index is 12.8. The number of aromatic nitrogens is 6. The number of rotatable bonds is 8. The van der Waals surface area contributed by atoms with E-state index in [4.69, 9.17) is 16.4 Å². The molecule has 0 saturated carbocycles. The molecule has 0 spiro atoms. The number of sulfonamides is 1. The number of hydrogen-bond acceptors (Lipinski definition) is 15. The molecule has 0 saturated heterocycles. The van der Waals surface area contributed by atoms with Gasteiger partial charge in [0.2, 0.25) is 0 Å². The van der Waals surface area contributed by atoms with E-state index in [-0.39, 0.29) is 8.42 Å². The van der Waals surface area contributed by atoms with Gasteiger partial charge in [0.05, 0.1) is 43.6 Å². The van der Waals surface area contributed by atoms with Crippen LogP contribution >= 0.6 is 56.9 Å². The zero-order chi connectivity index (χ0) is 39.0. The Morgan fingerprint density at radius 3 is 1.65 bits per heavy atom. The van der Waals surface area contributed by atoms with E-state index < -0.39 is 19.1 Å². The van der Waals surface area contributed by atoms with Crippen molar-refractivity contribution in [3.63, 3.8) is 0 Å². The third-order valence-electron chi connectivity index (χ3n) is 7.35. The van der Waals surface area contributed by atoms with E-state index in [0.29, 0.717) is 32.9 Å². The first-order valence-corrected chi connectivity index (χ1v) is 23.7. The normalized spacial score (nSPS) is 11.3. The molecule has 8 aromatic rings. The first-order valence-electron chi connectivity index (χ1n) is 15.8. The van der Waals surface area contributed by atoms with Crippen molar-refractivity contribution in [3.8, 4) is 21.1 Å². The summed E-state index contributed by atoms with van der Waals surface area (Å²) < 4.78 is 51.0. The van der Waals surface area contributed by atoms with Crippen LogP contribution in [0.2, 0.25) is 0 Å². The largest absolute Gasteiger partial charge is 0.397 e. The minimum atomic E-state index is -3.73. The fraction of sp³-hybridized carbons (Fsp3) is 0.0556. The Labute approximate surface area is 338 Å². The molecule has 0 amide bonds. The Hall–Kier alpha value is -4.69. The van der Waals surface area contributed by atoms with Gasteiger partial charge in [0.15, 0.2) is 10.3 Å². The Bertz CT molecular complexity index is 2810. The van der Waals surface area contributed by atoms with E-state index in [9.17, 15) is 16.8 Å². The molecule has 12 nitrogen and oxygen atoms in total. The van der Waals surface area contributed by atoms with Crippen LogP contribution in [0.3, 0.4) is 0 Å². The number of hydrogen-bond donors (Lipinski definition) is 2. The molecule has 0 fully saturated rings. The van der Waals surface area contributed by atoms with Crippen molar-refractivity contribution in [2.75, 3.05) is 23.0 Å². The van der Waals surface area contributed by atoms with Crippen LogP contribution in [0.15, 0.2) is 141 Å². The topological polar surface area (TPSA) is 184 Å². The number of fused-ring (bicyclic) bond motifs is 2. The number of pyridine rings is 2. The summed E-state index contributed by atoms with van der Waals surface area (Å²) in [6.07, 6.45) is 10.5. The number of nitrogens with one attached hydrogen (secondary N) is 1. The summed E-state index contributed by atoms with van der Waals surface area (Å²) in [5, 5.41) is 3.25. The zero-order valence-corrected chi connectivity index (χ0v) is 34.4. The molecule has 0 atom stereocenters. The number of thioether (sulfide) groups is 2. The first-order chi connectivity index (χ1) is 26.4. The molecule has 0 unspecified atom stereocenters. The highest BCUT2D eigenvalue weighted by Gasteiger charge is 2.20. The van der Waals surface area contributed by atoms with Gasteiger partial charge in [-0.25, -0.2) is 36.8 Å². The average Bonchev–Trinajstić information content (AvgIpc) is 3.92. The van der Waals surface area contributed by atoms with Crippen molar-refractivity contribution >= 4 is 109 Å². The van der Waals surface area contributed by atoms with Crippen LogP contribution in [0.4, 0.5) is 11.4 Å². The van der Waals surface area contributed by atoms with Gasteiger partial charge < -0.3 is 5.73 Å². The third kappa shape index (κ3) is 10.1. The Morgan fingerprint density at radius 1 is 0.600 bits per heavy atom. The molecule has 0 aliphatic heterocycles. The monoisotopic (exact) mass is 864 g/mol. The fourth-order valence-electron chi connectivity index (χ4n) is 4.85. The number of para-hydroxylation sites is 2. The third-order valence-corrected chi connectivity index (χ3v) is 14.6. The van der Waals surface area contributed by atoms with Crippen molar-refractivity contribution in [1.29, 1.82) is 0 Å². The minimum absolute atomic E-state index is 0.124. The summed E-state index contributed by atoms with van der Waals surface area (Å²) in [6.45, 7) is 0. The van der Waals surface area contributed by atoms with Gasteiger partial charge in [0.25, 0.3) is 19.1 Å². The summed E-state index contributed by atoms with van der Waals surface area (Å²) in [6, 6.07) is 28.8. The fourth-order valence-corrected chi connectivity index (χ4v) is 9.95. The van der Waals surface area contributed by atoms with Crippen molar-refractivity contribution in [2.45, 2.75) is 18.7 Å². The number of nitrogen functional groups attached to an aromatic ring is 1. The maximum Gasteiger partial charge on any atom is 0.271 e. The molecule has 0 aliphatic rings. The lowest BCUT2D eigenvalue weighted by Crippen LogP contribution is -2.11. The highest BCUT2D eigenvalue weighted by molar-refractivity contribution is 8.15. The standard InChI is InChI=1S/C18H14N4O2S3.C9H7ClN2O2S3.C9H8N2/c1-25-18-20-11-9-13(21-18)15-7-8-16(26-15)27(23,24)22-14-6-2-4-12-5-3-10-19-17(12)14;1-15-9-11-5-4-6(12-9)7-2-3-8(16-7)17(10,13)14;10-8-5-1-3-7-4-2-6-11-9(7)8/h2-11,22H,1H3;2-5H,1H3;1-6H,10H2. The summed E-state index contributed by atoms with van der Waals surface area (Å²) >= 11 is 5.12. The second-order valence-corrected chi connectivity index (χ2v) is 19.4. The zero-order valence-electron chi connectivity index (χ0n) is 28.8. The average molecular weight is 866 g/mol. The Balaban J connectivity index is 0.000000156. The van der Waals surface area contributed by atoms with Crippen molar-refractivity contribution in [3.05, 3.63) is 122 Å². The summed E-state index contributed by atoms with van der Waals surface area (Å²) in [5.74, 6) is 0. The van der Waals surface area contributed by atoms with Crippen molar-refractivity contribution < 1.29 is 16.8 Å². The lowest BCUT2D eigenvalue weighted by atomic mass is 10.2. The molecule has 6 aromatic heterocycles. The van der Waals surface area contributed by atoms with Gasteiger partial charge in [-0.05, 0) is 73.2 Å². The van der Waals surface area contributed by atoms with Gasteiger partial charge in [0.1, 0.15) is 8.42 Å². The second-order valence-electron chi connectivity index (χ2n) is 10.9. The lowest BCUT2D eigenvalue weighted by molar-refractivity contribution is 0.603. The van der Waals surface area contributed by atoms with Crippen LogP contribution in [0, 0.1) is 0 Å². The number of anilines is 2. The van der Waals surface area contributed by atoms with E-state index in [1.807, 2.05) is 61.0 Å². The number of halogens is 1. The number of thiophene rings is 2. The van der Waals surface area contributed by atoms with Crippen LogP contribution in [0.1, 0.15) is 0 Å². The molecule has 0 radical (unpaired) electrons. The van der Waals surface area contributed by atoms with Gasteiger partial charge in [-0.2, -0.15) is 0 Å². The lowest BCUT2D eigenvalue weighted by Gasteiger charge is -2.08. The van der Waals surface area contributed by atoms with Crippen molar-refractivity contribution in [1.82, 2.24) is 29.9 Å². The molecule has 0 aliphatic carbocycles. The number of nitrogens with zero attached hydrogens (tertiary/aromatic N) is 6. The van der Waals surface area contributed by atoms with Gasteiger partial charge in [0, 0.05) is 46.2 Å². The molecule has 0 bridgehead atoms. The molecule has 8 rings (SSSR count). The number of nitrogens with two attached hydrogens (primary N) is 1. The van der Waals surface area contributed by atoms with E-state index >= 15 is 0 Å². The van der Waals surface area contributed by atoms with Crippen LogP contribution in [-0.2, 0) is 19.1 Å². The van der Waals surface area contributed by atoms with E-state index in [0.717, 1.165) is 43.1 Å². The van der Waals surface area contributed by atoms with Crippen LogP contribution in [-0.4, -0.2) is 59.3 Å². The predicted molar refractivity (Wildman–Crippen MR) is 226 cm³/mol. The van der Waals surface area contributed by atoms with E-state index in [1.54, 1.807) is 67.3 Å². The van der Waals surface area contributed by atoms with Gasteiger partial charge in [-0.1, -0.05) is 59.9 Å². The Kier molecular flexibility index (Phi) is 13.0. The molecule has 19 heteroatoms. The van der Waals surface area contributed by atoms with Crippen LogP contribution in [0.25, 0.3) is 42.9 Å². The molecule has 2 aromatic carbocycles. The smallest absolute Gasteiger partial charge is 0.271 e. The highest BCUT2D eigenvalue weighted by Crippen LogP contribution is 2.33. The molecule has 3 N–H and O–H groups in total. The Morgan fingerprint density at radius 2 is 1.11 bits per heavy atom. The summed E-state index contributed by atoms with van der Waals surface area (Å²) in [5.41, 5.74) is 9.78. The van der Waals surface area contributed by atoms with Crippen molar-refractivity contribution in [2.24, 2.45) is 0 Å². The van der Waals surface area contributed by atoms with Gasteiger partial charge in [-0.3, -0.25) is 14.7 Å². The SMILES string of the molecule is CSc1nccc(-c2ccc(S(=O)(=O)Cl)s2)n1.CSc1nccc(-c2ccc(S(=O)(=O)Nc3cccc4cccnc34)s2)n1.Nc1cccc2cccnc12. The molecular weight excluding hydrogens is 836 g/mol. The number of benzene rings is 2. The molecule has 6 heterocycles. The molecule has 280 valence electrons. The first kappa shape index (κ1) is 40.0. The minimum Gasteiger partial charge on any atom is -0.397 e. The second kappa shape index (κ2) is 17.8.